The molecule has 0 saturated carbocycles. The summed E-state index contributed by atoms with van der Waals surface area (Å²) in [6.45, 7) is 0. The second-order valence-electron chi connectivity index (χ2n) is 5.59. The molecule has 0 amide bonds. The first kappa shape index (κ1) is 17.4. The van der Waals surface area contributed by atoms with Crippen LogP contribution in [0.3, 0.4) is 0 Å². The number of rotatable bonds is 2. The first-order valence-electron chi connectivity index (χ1n) is 7.62. The SMILES string of the molecule is Cl.Fc1ccc(-c2cc(-c3ccccc3)c3cc(Cl)ccc3n2)cc1. The normalized spacial score (nSPS) is 10.5. The van der Waals surface area contributed by atoms with Crippen LogP contribution in [0.1, 0.15) is 0 Å². The summed E-state index contributed by atoms with van der Waals surface area (Å²) in [6.07, 6.45) is 0. The van der Waals surface area contributed by atoms with Crippen molar-refractivity contribution in [3.05, 3.63) is 89.7 Å². The number of halogens is 3. The summed E-state index contributed by atoms with van der Waals surface area (Å²) < 4.78 is 13.2. The summed E-state index contributed by atoms with van der Waals surface area (Å²) in [5.74, 6) is -0.255. The van der Waals surface area contributed by atoms with Gasteiger partial charge in [-0.2, -0.15) is 0 Å². The van der Waals surface area contributed by atoms with E-state index in [0.29, 0.717) is 5.02 Å². The maximum atomic E-state index is 13.2. The fourth-order valence-electron chi connectivity index (χ4n) is 2.82. The van der Waals surface area contributed by atoms with E-state index < -0.39 is 0 Å². The van der Waals surface area contributed by atoms with Gasteiger partial charge in [0, 0.05) is 16.0 Å². The highest BCUT2D eigenvalue weighted by Crippen LogP contribution is 2.33. The summed E-state index contributed by atoms with van der Waals surface area (Å²) in [6, 6.07) is 24.2. The van der Waals surface area contributed by atoms with Crippen LogP contribution in [0.4, 0.5) is 4.39 Å². The van der Waals surface area contributed by atoms with Crippen molar-refractivity contribution in [2.75, 3.05) is 0 Å². The van der Waals surface area contributed by atoms with Crippen molar-refractivity contribution in [2.45, 2.75) is 0 Å². The van der Waals surface area contributed by atoms with Crippen LogP contribution in [0.2, 0.25) is 5.02 Å². The van der Waals surface area contributed by atoms with Gasteiger partial charge in [0.15, 0.2) is 0 Å². The monoisotopic (exact) mass is 369 g/mol. The molecule has 0 aliphatic rings. The first-order valence-corrected chi connectivity index (χ1v) is 8.00. The summed E-state index contributed by atoms with van der Waals surface area (Å²) in [4.78, 5) is 4.72. The van der Waals surface area contributed by atoms with Gasteiger partial charge in [0.05, 0.1) is 11.2 Å². The molecule has 1 heterocycles. The molecule has 4 aromatic rings. The number of benzene rings is 3. The molecular formula is C21H14Cl2FN. The lowest BCUT2D eigenvalue weighted by Gasteiger charge is -2.11. The molecule has 0 radical (unpaired) electrons. The Morgan fingerprint density at radius 1 is 0.760 bits per heavy atom. The molecule has 0 unspecified atom stereocenters. The highest BCUT2D eigenvalue weighted by atomic mass is 35.5. The van der Waals surface area contributed by atoms with E-state index in [9.17, 15) is 4.39 Å². The van der Waals surface area contributed by atoms with E-state index in [-0.39, 0.29) is 18.2 Å². The van der Waals surface area contributed by atoms with Crippen LogP contribution in [-0.4, -0.2) is 4.98 Å². The number of hydrogen-bond acceptors (Lipinski definition) is 1. The average molecular weight is 370 g/mol. The smallest absolute Gasteiger partial charge is 0.123 e. The third kappa shape index (κ3) is 3.51. The Labute approximate surface area is 156 Å². The van der Waals surface area contributed by atoms with Crippen molar-refractivity contribution >= 4 is 34.9 Å². The van der Waals surface area contributed by atoms with Crippen LogP contribution in [-0.2, 0) is 0 Å². The Balaban J connectivity index is 0.00000182. The highest BCUT2D eigenvalue weighted by molar-refractivity contribution is 6.31. The Bertz CT molecular complexity index is 1020. The van der Waals surface area contributed by atoms with Crippen molar-refractivity contribution in [3.8, 4) is 22.4 Å². The van der Waals surface area contributed by atoms with Crippen LogP contribution in [0.25, 0.3) is 33.3 Å². The molecular weight excluding hydrogens is 356 g/mol. The molecule has 3 aromatic carbocycles. The van der Waals surface area contributed by atoms with Crippen LogP contribution in [0.5, 0.6) is 0 Å². The van der Waals surface area contributed by atoms with Crippen molar-refractivity contribution in [3.63, 3.8) is 0 Å². The van der Waals surface area contributed by atoms with E-state index in [0.717, 1.165) is 33.3 Å². The molecule has 0 N–H and O–H groups in total. The third-order valence-electron chi connectivity index (χ3n) is 4.00. The Morgan fingerprint density at radius 2 is 1.48 bits per heavy atom. The summed E-state index contributed by atoms with van der Waals surface area (Å²) in [5, 5.41) is 1.68. The minimum Gasteiger partial charge on any atom is -0.248 e. The van der Waals surface area contributed by atoms with Crippen molar-refractivity contribution in [2.24, 2.45) is 0 Å². The molecule has 0 saturated heterocycles. The van der Waals surface area contributed by atoms with E-state index >= 15 is 0 Å². The zero-order chi connectivity index (χ0) is 16.5. The van der Waals surface area contributed by atoms with Gasteiger partial charge in [0.2, 0.25) is 0 Å². The van der Waals surface area contributed by atoms with E-state index in [1.165, 1.54) is 12.1 Å². The van der Waals surface area contributed by atoms with Gasteiger partial charge in [-0.05, 0) is 59.7 Å². The van der Waals surface area contributed by atoms with Gasteiger partial charge in [0.1, 0.15) is 5.82 Å². The minimum atomic E-state index is -0.255. The predicted octanol–water partition coefficient (Wildman–Crippen LogP) is 6.78. The van der Waals surface area contributed by atoms with Gasteiger partial charge >= 0.3 is 0 Å². The molecule has 4 rings (SSSR count). The summed E-state index contributed by atoms with van der Waals surface area (Å²) in [7, 11) is 0. The van der Waals surface area contributed by atoms with Gasteiger partial charge in [-0.15, -0.1) is 12.4 Å². The van der Waals surface area contributed by atoms with E-state index in [4.69, 9.17) is 16.6 Å². The first-order chi connectivity index (χ1) is 11.7. The van der Waals surface area contributed by atoms with Crippen LogP contribution < -0.4 is 0 Å². The molecule has 1 aromatic heterocycles. The van der Waals surface area contributed by atoms with Gasteiger partial charge in [-0.3, -0.25) is 0 Å². The van der Waals surface area contributed by atoms with E-state index in [1.54, 1.807) is 12.1 Å². The molecule has 0 atom stereocenters. The predicted molar refractivity (Wildman–Crippen MR) is 105 cm³/mol. The van der Waals surface area contributed by atoms with E-state index in [2.05, 4.69) is 12.1 Å². The molecule has 25 heavy (non-hydrogen) atoms. The standard InChI is InChI=1S/C21H13ClFN.ClH/c22-16-8-11-20-19(12-16)18(14-4-2-1-3-5-14)13-21(24-20)15-6-9-17(23)10-7-15;/h1-13H;1H. The molecule has 0 fully saturated rings. The zero-order valence-corrected chi connectivity index (χ0v) is 14.7. The quantitative estimate of drug-likeness (QED) is 0.379. The number of nitrogens with zero attached hydrogens (tertiary/aromatic N) is 1. The third-order valence-corrected chi connectivity index (χ3v) is 4.23. The summed E-state index contributed by atoms with van der Waals surface area (Å²) in [5.41, 5.74) is 4.70. The molecule has 0 bridgehead atoms. The maximum absolute atomic E-state index is 13.2. The maximum Gasteiger partial charge on any atom is 0.123 e. The van der Waals surface area contributed by atoms with Crippen molar-refractivity contribution in [1.29, 1.82) is 0 Å². The fraction of sp³-hybridized carbons (Fsp3) is 0. The number of aromatic nitrogens is 1. The molecule has 0 aliphatic heterocycles. The lowest BCUT2D eigenvalue weighted by molar-refractivity contribution is 0.628. The Kier molecular flexibility index (Phi) is 5.03. The number of pyridine rings is 1. The van der Waals surface area contributed by atoms with Crippen molar-refractivity contribution < 1.29 is 4.39 Å². The van der Waals surface area contributed by atoms with Crippen LogP contribution in [0.15, 0.2) is 78.9 Å². The Hall–Kier alpha value is -2.42. The largest absolute Gasteiger partial charge is 0.248 e. The molecule has 0 aliphatic carbocycles. The lowest BCUT2D eigenvalue weighted by atomic mass is 9.98. The van der Waals surface area contributed by atoms with Gasteiger partial charge < -0.3 is 0 Å². The molecule has 1 nitrogen and oxygen atoms in total. The second-order valence-corrected chi connectivity index (χ2v) is 6.03. The van der Waals surface area contributed by atoms with E-state index in [1.807, 2.05) is 42.5 Å². The number of hydrogen-bond donors (Lipinski definition) is 0. The van der Waals surface area contributed by atoms with Gasteiger partial charge in [-0.25, -0.2) is 9.37 Å². The second kappa shape index (κ2) is 7.22. The molecule has 124 valence electrons. The molecule has 0 spiro atoms. The lowest BCUT2D eigenvalue weighted by Crippen LogP contribution is -1.90. The topological polar surface area (TPSA) is 12.9 Å². The Morgan fingerprint density at radius 3 is 2.20 bits per heavy atom. The number of fused-ring (bicyclic) bond motifs is 1. The zero-order valence-electron chi connectivity index (χ0n) is 13.1. The summed E-state index contributed by atoms with van der Waals surface area (Å²) >= 11 is 6.18. The van der Waals surface area contributed by atoms with Gasteiger partial charge in [-0.1, -0.05) is 41.9 Å². The van der Waals surface area contributed by atoms with Gasteiger partial charge in [0.25, 0.3) is 0 Å². The van der Waals surface area contributed by atoms with Crippen LogP contribution in [0, 0.1) is 5.82 Å². The highest BCUT2D eigenvalue weighted by Gasteiger charge is 2.10. The minimum absolute atomic E-state index is 0. The molecule has 4 heteroatoms. The van der Waals surface area contributed by atoms with Crippen molar-refractivity contribution in [1.82, 2.24) is 4.98 Å². The fourth-order valence-corrected chi connectivity index (χ4v) is 3.00. The average Bonchev–Trinajstić information content (AvgIpc) is 2.62. The van der Waals surface area contributed by atoms with Crippen LogP contribution >= 0.6 is 24.0 Å².